The van der Waals surface area contributed by atoms with E-state index in [1.165, 1.54) is 6.08 Å². The van der Waals surface area contributed by atoms with Crippen LogP contribution in [-0.2, 0) is 9.53 Å². The van der Waals surface area contributed by atoms with E-state index in [4.69, 9.17) is 4.74 Å². The van der Waals surface area contributed by atoms with Crippen molar-refractivity contribution in [3.63, 3.8) is 0 Å². The van der Waals surface area contributed by atoms with Gasteiger partial charge in [0.05, 0.1) is 12.7 Å². The third-order valence-electron chi connectivity index (χ3n) is 7.42. The molecule has 1 aliphatic heterocycles. The normalized spacial score (nSPS) is 44.0. The molecule has 0 aromatic rings. The van der Waals surface area contributed by atoms with Crippen LogP contribution in [0.25, 0.3) is 0 Å². The number of hydrogen-bond acceptors (Lipinski definition) is 5. The van der Waals surface area contributed by atoms with Gasteiger partial charge in [-0.15, -0.1) is 0 Å². The second-order valence-corrected chi connectivity index (χ2v) is 8.47. The number of aliphatic hydroxyl groups excluding tert-OH is 3. The van der Waals surface area contributed by atoms with E-state index in [1.54, 1.807) is 0 Å². The summed E-state index contributed by atoms with van der Waals surface area (Å²) in [5.74, 6) is 0.0869. The molecule has 3 N–H and O–H groups in total. The number of carbonyl (C=O) groups is 1. The molecule has 140 valence electrons. The summed E-state index contributed by atoms with van der Waals surface area (Å²) in [6.45, 7) is 6.52. The van der Waals surface area contributed by atoms with E-state index in [0.29, 0.717) is 24.3 Å². The zero-order chi connectivity index (χ0) is 18.4. The Morgan fingerprint density at radius 3 is 2.64 bits per heavy atom. The van der Waals surface area contributed by atoms with Gasteiger partial charge in [-0.1, -0.05) is 26.8 Å². The van der Waals surface area contributed by atoms with Gasteiger partial charge < -0.3 is 20.1 Å². The van der Waals surface area contributed by atoms with E-state index in [9.17, 15) is 20.1 Å². The highest BCUT2D eigenvalue weighted by Crippen LogP contribution is 2.62. The molecule has 3 rings (SSSR count). The maximum absolute atomic E-state index is 11.3. The lowest BCUT2D eigenvalue weighted by Crippen LogP contribution is -2.57. The fraction of sp³-hybridized carbons (Fsp3) is 0.750. The Morgan fingerprint density at radius 1 is 1.32 bits per heavy atom. The predicted molar refractivity (Wildman–Crippen MR) is 93.3 cm³/mol. The molecule has 5 nitrogen and oxygen atoms in total. The van der Waals surface area contributed by atoms with Crippen LogP contribution in [-0.4, -0.2) is 40.3 Å². The number of rotatable bonds is 4. The van der Waals surface area contributed by atoms with Gasteiger partial charge in [0.15, 0.2) is 0 Å². The first-order chi connectivity index (χ1) is 11.7. The van der Waals surface area contributed by atoms with Crippen molar-refractivity contribution >= 4 is 5.97 Å². The van der Waals surface area contributed by atoms with Crippen LogP contribution in [0.5, 0.6) is 0 Å². The summed E-state index contributed by atoms with van der Waals surface area (Å²) in [6, 6.07) is 0. The minimum absolute atomic E-state index is 0.0132. The Kier molecular flexibility index (Phi) is 4.86. The van der Waals surface area contributed by atoms with Gasteiger partial charge in [0.2, 0.25) is 6.29 Å². The summed E-state index contributed by atoms with van der Waals surface area (Å²) in [5, 5.41) is 30.5. The van der Waals surface area contributed by atoms with Crippen LogP contribution in [0.3, 0.4) is 0 Å². The topological polar surface area (TPSA) is 87.0 Å². The van der Waals surface area contributed by atoms with Gasteiger partial charge in [0.1, 0.15) is 0 Å². The van der Waals surface area contributed by atoms with Gasteiger partial charge in [-0.25, -0.2) is 4.79 Å². The van der Waals surface area contributed by atoms with Crippen LogP contribution in [0.1, 0.15) is 52.9 Å². The lowest BCUT2D eigenvalue weighted by Gasteiger charge is -2.60. The van der Waals surface area contributed by atoms with Crippen molar-refractivity contribution in [1.29, 1.82) is 0 Å². The monoisotopic (exact) mass is 350 g/mol. The number of cyclic esters (lactones) is 1. The molecular formula is C20H30O5. The van der Waals surface area contributed by atoms with Gasteiger partial charge in [0, 0.05) is 17.1 Å². The lowest BCUT2D eigenvalue weighted by molar-refractivity contribution is -0.151. The van der Waals surface area contributed by atoms with Gasteiger partial charge in [-0.3, -0.25) is 0 Å². The van der Waals surface area contributed by atoms with E-state index in [2.05, 4.69) is 26.8 Å². The standard InChI is InChI=1S/C20H30O5/c1-12-9-16(22)20(3)14(11-21)5-4-6-15(20)19(12,2)8-7-13-10-17(23)25-18(13)24/h5,10,12,15-16,18,21-22,24H,4,6-9,11H2,1-3H3/t12-,15-,16-,18-,19+,20+/m0/s1. The number of esters is 1. The molecule has 1 heterocycles. The van der Waals surface area contributed by atoms with Crippen LogP contribution in [0, 0.1) is 22.7 Å². The van der Waals surface area contributed by atoms with Crippen LogP contribution >= 0.6 is 0 Å². The van der Waals surface area contributed by atoms with E-state index in [1.807, 2.05) is 0 Å². The maximum Gasteiger partial charge on any atom is 0.333 e. The van der Waals surface area contributed by atoms with Crippen LogP contribution in [0.15, 0.2) is 23.3 Å². The Labute approximate surface area is 149 Å². The largest absolute Gasteiger partial charge is 0.429 e. The molecule has 0 spiro atoms. The van der Waals surface area contributed by atoms with Gasteiger partial charge in [-0.2, -0.15) is 0 Å². The minimum atomic E-state index is -1.12. The molecule has 2 aliphatic carbocycles. The van der Waals surface area contributed by atoms with E-state index < -0.39 is 23.8 Å². The highest BCUT2D eigenvalue weighted by molar-refractivity contribution is 5.85. The van der Waals surface area contributed by atoms with Crippen LogP contribution in [0.2, 0.25) is 0 Å². The first-order valence-corrected chi connectivity index (χ1v) is 9.31. The number of fused-ring (bicyclic) bond motifs is 1. The Hall–Kier alpha value is -1.17. The molecule has 0 bridgehead atoms. The van der Waals surface area contributed by atoms with Crippen molar-refractivity contribution in [1.82, 2.24) is 0 Å². The lowest BCUT2D eigenvalue weighted by atomic mass is 9.46. The fourth-order valence-electron chi connectivity index (χ4n) is 5.53. The fourth-order valence-corrected chi connectivity index (χ4v) is 5.53. The van der Waals surface area contributed by atoms with Crippen molar-refractivity contribution in [2.75, 3.05) is 6.61 Å². The number of allylic oxidation sites excluding steroid dienone is 1. The molecule has 0 aromatic heterocycles. The molecule has 0 saturated heterocycles. The highest BCUT2D eigenvalue weighted by Gasteiger charge is 2.57. The van der Waals surface area contributed by atoms with Crippen molar-refractivity contribution in [2.24, 2.45) is 22.7 Å². The maximum atomic E-state index is 11.3. The van der Waals surface area contributed by atoms with Gasteiger partial charge in [0.25, 0.3) is 0 Å². The average Bonchev–Trinajstić information content (AvgIpc) is 2.89. The third kappa shape index (κ3) is 2.86. The smallest absolute Gasteiger partial charge is 0.333 e. The molecule has 0 amide bonds. The van der Waals surface area contributed by atoms with Crippen molar-refractivity contribution in [3.8, 4) is 0 Å². The van der Waals surface area contributed by atoms with Crippen molar-refractivity contribution in [2.45, 2.75) is 65.3 Å². The molecule has 5 heteroatoms. The second kappa shape index (κ2) is 6.53. The first kappa shape index (κ1) is 18.6. The zero-order valence-electron chi connectivity index (χ0n) is 15.4. The van der Waals surface area contributed by atoms with Crippen LogP contribution in [0.4, 0.5) is 0 Å². The molecule has 25 heavy (non-hydrogen) atoms. The summed E-state index contributed by atoms with van der Waals surface area (Å²) in [7, 11) is 0. The number of carbonyl (C=O) groups excluding carboxylic acids is 1. The molecule has 1 saturated carbocycles. The quantitative estimate of drug-likeness (QED) is 0.535. The van der Waals surface area contributed by atoms with E-state index in [0.717, 1.165) is 24.8 Å². The van der Waals surface area contributed by atoms with E-state index in [-0.39, 0.29) is 17.9 Å². The van der Waals surface area contributed by atoms with E-state index >= 15 is 0 Å². The SMILES string of the molecule is C[C@H]1C[C@H](O)[C@]2(C)C(CO)=CCC[C@H]2[C@]1(C)CCC1=CC(=O)O[C@@H]1O. The average molecular weight is 350 g/mol. The Balaban J connectivity index is 1.87. The summed E-state index contributed by atoms with van der Waals surface area (Å²) in [4.78, 5) is 11.3. The predicted octanol–water partition coefficient (Wildman–Crippen LogP) is 2.31. The molecule has 0 radical (unpaired) electrons. The summed E-state index contributed by atoms with van der Waals surface area (Å²) >= 11 is 0. The number of hydrogen-bond donors (Lipinski definition) is 3. The minimum Gasteiger partial charge on any atom is -0.429 e. The molecule has 1 fully saturated rings. The number of ether oxygens (including phenoxy) is 1. The summed E-state index contributed by atoms with van der Waals surface area (Å²) < 4.78 is 4.79. The van der Waals surface area contributed by atoms with Crippen molar-refractivity contribution < 1.29 is 24.9 Å². The molecule has 0 unspecified atom stereocenters. The third-order valence-corrected chi connectivity index (χ3v) is 7.42. The summed E-state index contributed by atoms with van der Waals surface area (Å²) in [6.07, 6.45) is 5.92. The molecule has 0 aromatic carbocycles. The van der Waals surface area contributed by atoms with Gasteiger partial charge in [-0.05, 0) is 54.9 Å². The summed E-state index contributed by atoms with van der Waals surface area (Å²) in [5.41, 5.74) is 1.13. The van der Waals surface area contributed by atoms with Crippen molar-refractivity contribution in [3.05, 3.63) is 23.3 Å². The number of aliphatic hydroxyl groups is 3. The first-order valence-electron chi connectivity index (χ1n) is 9.31. The molecule has 3 aliphatic rings. The van der Waals surface area contributed by atoms with Crippen LogP contribution < -0.4 is 0 Å². The molecular weight excluding hydrogens is 320 g/mol. The second-order valence-electron chi connectivity index (χ2n) is 8.47. The zero-order valence-corrected chi connectivity index (χ0v) is 15.4. The molecule has 6 atom stereocenters. The van der Waals surface area contributed by atoms with Gasteiger partial charge >= 0.3 is 5.97 Å². The Morgan fingerprint density at radius 2 is 2.04 bits per heavy atom. The Bertz CT molecular complexity index is 609. The highest BCUT2D eigenvalue weighted by atomic mass is 16.6.